The number of hydrazone groups is 1. The molecule has 6 nitrogen and oxygen atoms in total. The smallest absolute Gasteiger partial charge is 0.345 e. The first kappa shape index (κ1) is 24.6. The number of nitrogens with zero attached hydrogens (tertiary/aromatic N) is 1. The highest BCUT2D eigenvalue weighted by molar-refractivity contribution is 6.35. The van der Waals surface area contributed by atoms with Crippen molar-refractivity contribution in [2.45, 2.75) is 12.8 Å². The molecular formula is C24H19Cl3N2O4. The summed E-state index contributed by atoms with van der Waals surface area (Å²) >= 11 is 17.9. The van der Waals surface area contributed by atoms with Gasteiger partial charge in [-0.25, -0.2) is 10.2 Å². The lowest BCUT2D eigenvalue weighted by Gasteiger charge is -2.07. The molecule has 0 saturated carbocycles. The summed E-state index contributed by atoms with van der Waals surface area (Å²) in [6.07, 6.45) is 2.15. The van der Waals surface area contributed by atoms with E-state index in [0.29, 0.717) is 45.2 Å². The van der Waals surface area contributed by atoms with Crippen molar-refractivity contribution in [2.75, 3.05) is 6.61 Å². The number of hydrogen-bond acceptors (Lipinski definition) is 5. The SMILES string of the molecule is O=C(CCCOc1ccc(Cl)cc1Cl)NN=Cc1cccc(OC(=O)c2ccccc2Cl)c1. The minimum Gasteiger partial charge on any atom is -0.492 e. The van der Waals surface area contributed by atoms with Crippen LogP contribution in [0.5, 0.6) is 11.5 Å². The Morgan fingerprint density at radius 3 is 2.55 bits per heavy atom. The van der Waals surface area contributed by atoms with Gasteiger partial charge in [0, 0.05) is 11.4 Å². The molecule has 0 aliphatic carbocycles. The summed E-state index contributed by atoms with van der Waals surface area (Å²) in [4.78, 5) is 24.2. The fourth-order valence-corrected chi connectivity index (χ4v) is 3.36. The van der Waals surface area contributed by atoms with Crippen molar-refractivity contribution in [3.05, 3.63) is 92.9 Å². The Kier molecular flexibility index (Phi) is 9.13. The van der Waals surface area contributed by atoms with Crippen LogP contribution >= 0.6 is 34.8 Å². The third-order valence-corrected chi connectivity index (χ3v) is 5.13. The van der Waals surface area contributed by atoms with Gasteiger partial charge in [-0.3, -0.25) is 4.79 Å². The van der Waals surface area contributed by atoms with E-state index in [9.17, 15) is 9.59 Å². The van der Waals surface area contributed by atoms with Gasteiger partial charge in [-0.15, -0.1) is 0 Å². The number of carbonyl (C=O) groups excluding carboxylic acids is 2. The van der Waals surface area contributed by atoms with Gasteiger partial charge in [-0.05, 0) is 54.4 Å². The highest BCUT2D eigenvalue weighted by atomic mass is 35.5. The Hall–Kier alpha value is -3.06. The lowest BCUT2D eigenvalue weighted by atomic mass is 10.2. The summed E-state index contributed by atoms with van der Waals surface area (Å²) in [6, 6.07) is 18.3. The van der Waals surface area contributed by atoms with Crippen LogP contribution in [0.2, 0.25) is 15.1 Å². The predicted octanol–water partition coefficient (Wildman–Crippen LogP) is 6.18. The van der Waals surface area contributed by atoms with Gasteiger partial charge in [0.15, 0.2) is 0 Å². The molecule has 3 rings (SSSR count). The van der Waals surface area contributed by atoms with Gasteiger partial charge in [-0.1, -0.05) is 59.1 Å². The number of ether oxygens (including phenoxy) is 2. The van der Waals surface area contributed by atoms with Gasteiger partial charge in [0.1, 0.15) is 11.5 Å². The molecule has 0 aliphatic heterocycles. The minimum absolute atomic E-state index is 0.220. The Bertz CT molecular complexity index is 1170. The lowest BCUT2D eigenvalue weighted by molar-refractivity contribution is -0.121. The van der Waals surface area contributed by atoms with Crippen molar-refractivity contribution in [1.82, 2.24) is 5.43 Å². The second-order valence-corrected chi connectivity index (χ2v) is 8.01. The lowest BCUT2D eigenvalue weighted by Crippen LogP contribution is -2.18. The first-order valence-corrected chi connectivity index (χ1v) is 11.0. The number of rotatable bonds is 9. The average molecular weight is 506 g/mol. The number of carbonyl (C=O) groups is 2. The van der Waals surface area contributed by atoms with Crippen LogP contribution < -0.4 is 14.9 Å². The maximum Gasteiger partial charge on any atom is 0.345 e. The molecule has 3 aromatic carbocycles. The summed E-state index contributed by atoms with van der Waals surface area (Å²) in [7, 11) is 0. The Balaban J connectivity index is 1.43. The zero-order valence-corrected chi connectivity index (χ0v) is 19.5. The fraction of sp³-hybridized carbons (Fsp3) is 0.125. The Morgan fingerprint density at radius 1 is 0.939 bits per heavy atom. The first-order chi connectivity index (χ1) is 15.9. The third-order valence-electron chi connectivity index (χ3n) is 4.26. The molecule has 0 fully saturated rings. The van der Waals surface area contributed by atoms with Crippen LogP contribution in [0.1, 0.15) is 28.8 Å². The molecule has 0 atom stereocenters. The summed E-state index contributed by atoms with van der Waals surface area (Å²) in [5.74, 6) is 0.00581. The van der Waals surface area contributed by atoms with Crippen LogP contribution in [-0.2, 0) is 4.79 Å². The minimum atomic E-state index is -0.565. The van der Waals surface area contributed by atoms with Crippen LogP contribution in [0.25, 0.3) is 0 Å². The number of amides is 1. The second kappa shape index (κ2) is 12.3. The maximum absolute atomic E-state index is 12.3. The third kappa shape index (κ3) is 7.79. The summed E-state index contributed by atoms with van der Waals surface area (Å²) < 4.78 is 10.9. The molecule has 33 heavy (non-hydrogen) atoms. The number of esters is 1. The maximum atomic E-state index is 12.3. The number of hydrogen-bond donors (Lipinski definition) is 1. The molecule has 170 valence electrons. The van der Waals surface area contributed by atoms with Crippen LogP contribution in [0.15, 0.2) is 71.8 Å². The van der Waals surface area contributed by atoms with E-state index in [1.54, 1.807) is 66.7 Å². The van der Waals surface area contributed by atoms with E-state index in [2.05, 4.69) is 10.5 Å². The molecule has 0 spiro atoms. The summed E-state index contributed by atoms with van der Waals surface area (Å²) in [6.45, 7) is 0.317. The number of nitrogens with one attached hydrogen (secondary N) is 1. The van der Waals surface area contributed by atoms with Crippen LogP contribution in [0.3, 0.4) is 0 Å². The molecule has 0 unspecified atom stereocenters. The molecule has 0 heterocycles. The van der Waals surface area contributed by atoms with E-state index < -0.39 is 5.97 Å². The van der Waals surface area contributed by atoms with Gasteiger partial charge >= 0.3 is 5.97 Å². The molecule has 0 bridgehead atoms. The molecular weight excluding hydrogens is 487 g/mol. The fourth-order valence-electron chi connectivity index (χ4n) is 2.69. The van der Waals surface area contributed by atoms with Crippen molar-refractivity contribution < 1.29 is 19.1 Å². The monoisotopic (exact) mass is 504 g/mol. The number of halogens is 3. The van der Waals surface area contributed by atoms with Gasteiger partial charge < -0.3 is 9.47 Å². The van der Waals surface area contributed by atoms with E-state index in [-0.39, 0.29) is 17.9 Å². The molecule has 0 aliphatic rings. The highest BCUT2D eigenvalue weighted by Gasteiger charge is 2.12. The van der Waals surface area contributed by atoms with Crippen molar-refractivity contribution in [3.8, 4) is 11.5 Å². The van der Waals surface area contributed by atoms with Crippen molar-refractivity contribution in [2.24, 2.45) is 5.10 Å². The number of benzene rings is 3. The van der Waals surface area contributed by atoms with Gasteiger partial charge in [0.25, 0.3) is 0 Å². The van der Waals surface area contributed by atoms with E-state index in [4.69, 9.17) is 44.3 Å². The summed E-state index contributed by atoms with van der Waals surface area (Å²) in [5, 5.41) is 5.18. The molecule has 3 aromatic rings. The van der Waals surface area contributed by atoms with Crippen LogP contribution in [0, 0.1) is 0 Å². The van der Waals surface area contributed by atoms with Crippen LogP contribution in [-0.4, -0.2) is 24.7 Å². The summed E-state index contributed by atoms with van der Waals surface area (Å²) in [5.41, 5.74) is 3.36. The van der Waals surface area contributed by atoms with Crippen molar-refractivity contribution >= 4 is 52.9 Å². The van der Waals surface area contributed by atoms with Crippen molar-refractivity contribution in [3.63, 3.8) is 0 Å². The zero-order valence-electron chi connectivity index (χ0n) is 17.3. The topological polar surface area (TPSA) is 77.0 Å². The van der Waals surface area contributed by atoms with Crippen molar-refractivity contribution in [1.29, 1.82) is 0 Å². The molecule has 0 saturated heterocycles. The molecule has 0 radical (unpaired) electrons. The Morgan fingerprint density at radius 2 is 1.76 bits per heavy atom. The molecule has 0 aromatic heterocycles. The standard InChI is InChI=1S/C24H19Cl3N2O4/c25-17-10-11-22(21(27)14-17)32-12-4-9-23(30)29-28-15-16-5-3-6-18(13-16)33-24(31)19-7-1-2-8-20(19)26/h1-3,5-8,10-11,13-15H,4,9,12H2,(H,29,30). The van der Waals surface area contributed by atoms with E-state index >= 15 is 0 Å². The quantitative estimate of drug-likeness (QED) is 0.124. The molecule has 1 N–H and O–H groups in total. The van der Waals surface area contributed by atoms with E-state index in [1.807, 2.05) is 0 Å². The molecule has 1 amide bonds. The average Bonchev–Trinajstić information content (AvgIpc) is 2.78. The molecule has 9 heteroatoms. The van der Waals surface area contributed by atoms with Crippen LogP contribution in [0.4, 0.5) is 0 Å². The second-order valence-electron chi connectivity index (χ2n) is 6.76. The van der Waals surface area contributed by atoms with E-state index in [0.717, 1.165) is 0 Å². The largest absolute Gasteiger partial charge is 0.492 e. The highest BCUT2D eigenvalue weighted by Crippen LogP contribution is 2.27. The van der Waals surface area contributed by atoms with E-state index in [1.165, 1.54) is 6.21 Å². The Labute approximate surface area is 206 Å². The predicted molar refractivity (Wildman–Crippen MR) is 130 cm³/mol. The van der Waals surface area contributed by atoms with Gasteiger partial charge in [-0.2, -0.15) is 5.10 Å². The van der Waals surface area contributed by atoms with Gasteiger partial charge in [0.05, 0.1) is 28.4 Å². The zero-order chi connectivity index (χ0) is 23.6. The first-order valence-electron chi connectivity index (χ1n) is 9.89. The normalized spacial score (nSPS) is 10.8. The van der Waals surface area contributed by atoms with Gasteiger partial charge in [0.2, 0.25) is 5.91 Å².